The lowest BCUT2D eigenvalue weighted by molar-refractivity contribution is -0.127. The summed E-state index contributed by atoms with van der Waals surface area (Å²) in [6.07, 6.45) is 8.58. The van der Waals surface area contributed by atoms with Gasteiger partial charge in [0.15, 0.2) is 0 Å². The molecule has 1 N–H and O–H groups in total. The number of ether oxygens (including phenoxy) is 1. The Morgan fingerprint density at radius 2 is 1.92 bits per heavy atom. The molecular formula is C28H35N5O3. The summed E-state index contributed by atoms with van der Waals surface area (Å²) < 4.78 is 5.48. The Morgan fingerprint density at radius 1 is 1.19 bits per heavy atom. The van der Waals surface area contributed by atoms with E-state index >= 15 is 0 Å². The van der Waals surface area contributed by atoms with Gasteiger partial charge in [0.2, 0.25) is 11.8 Å². The third kappa shape index (κ3) is 6.59. The van der Waals surface area contributed by atoms with E-state index in [2.05, 4.69) is 28.7 Å². The molecule has 190 valence electrons. The minimum atomic E-state index is -0.223. The van der Waals surface area contributed by atoms with Crippen LogP contribution in [0.25, 0.3) is 10.9 Å². The topological polar surface area (TPSA) is 87.1 Å². The summed E-state index contributed by atoms with van der Waals surface area (Å²) >= 11 is 0. The molecule has 1 aliphatic heterocycles. The number of amidine groups is 1. The molecule has 0 radical (unpaired) electrons. The van der Waals surface area contributed by atoms with Gasteiger partial charge in [-0.15, -0.1) is 0 Å². The number of piperazine rings is 1. The van der Waals surface area contributed by atoms with Gasteiger partial charge in [0.05, 0.1) is 18.3 Å². The molecule has 0 unspecified atom stereocenters. The van der Waals surface area contributed by atoms with Gasteiger partial charge < -0.3 is 19.9 Å². The molecule has 0 spiro atoms. The number of unbranched alkanes of at least 4 members (excludes halogenated alkanes) is 1. The molecule has 3 rings (SSSR count). The van der Waals surface area contributed by atoms with Gasteiger partial charge >= 0.3 is 0 Å². The number of aromatic nitrogens is 1. The molecule has 0 bridgehead atoms. The van der Waals surface area contributed by atoms with Crippen molar-refractivity contribution in [3.8, 4) is 0 Å². The Kier molecular flexibility index (Phi) is 9.39. The molecule has 1 aliphatic rings. The van der Waals surface area contributed by atoms with E-state index in [4.69, 9.17) is 9.73 Å². The Bertz CT molecular complexity index is 1210. The lowest BCUT2D eigenvalue weighted by Crippen LogP contribution is -2.50. The number of benzene rings is 1. The van der Waals surface area contributed by atoms with Crippen LogP contribution in [0.1, 0.15) is 32.3 Å². The van der Waals surface area contributed by atoms with Gasteiger partial charge in [0, 0.05) is 43.3 Å². The normalized spacial score (nSPS) is 15.2. The summed E-state index contributed by atoms with van der Waals surface area (Å²) in [7, 11) is 1.59. The lowest BCUT2D eigenvalue weighted by Gasteiger charge is -2.35. The average molecular weight is 490 g/mol. The number of amides is 2. The predicted molar refractivity (Wildman–Crippen MR) is 145 cm³/mol. The standard InChI is InChI=1S/C28H35N5O3/c1-6-8-11-25(36-5)30-24(32-15-17-33(18-16-32)26(34)7-2)19-21(4)28(35)31-27-20(3)12-13-23-22(27)10-9-14-29-23/h7,9-14,19H,2,6,8,15-18H2,1,3-5H3,(H,31,35)/b21-19+,25-11-,30-24+. The number of allylic oxidation sites excluding steroid dienone is 1. The van der Waals surface area contributed by atoms with Gasteiger partial charge in [0.1, 0.15) is 5.84 Å². The number of hydrogen-bond acceptors (Lipinski definition) is 5. The van der Waals surface area contributed by atoms with Gasteiger partial charge in [-0.05, 0) is 62.3 Å². The molecule has 2 aromatic rings. The molecule has 2 amide bonds. The summed E-state index contributed by atoms with van der Waals surface area (Å²) in [6.45, 7) is 11.7. The molecule has 1 aromatic heterocycles. The number of fused-ring (bicyclic) bond motifs is 1. The minimum absolute atomic E-state index is 0.0837. The maximum absolute atomic E-state index is 13.3. The molecule has 0 saturated carbocycles. The van der Waals surface area contributed by atoms with Crippen molar-refractivity contribution in [2.75, 3.05) is 38.6 Å². The van der Waals surface area contributed by atoms with Crippen molar-refractivity contribution in [1.29, 1.82) is 0 Å². The number of aryl methyl sites for hydroxylation is 1. The van der Waals surface area contributed by atoms with Crippen LogP contribution in [0.15, 0.2) is 71.7 Å². The highest BCUT2D eigenvalue weighted by atomic mass is 16.5. The summed E-state index contributed by atoms with van der Waals surface area (Å²) in [5, 5.41) is 3.95. The van der Waals surface area contributed by atoms with Crippen LogP contribution in [0.5, 0.6) is 0 Å². The van der Waals surface area contributed by atoms with Crippen LogP contribution in [0.3, 0.4) is 0 Å². The largest absolute Gasteiger partial charge is 0.481 e. The van der Waals surface area contributed by atoms with Gasteiger partial charge in [-0.2, -0.15) is 4.99 Å². The van der Waals surface area contributed by atoms with E-state index in [1.165, 1.54) is 6.08 Å². The molecule has 36 heavy (non-hydrogen) atoms. The quantitative estimate of drug-likeness (QED) is 0.256. The SMILES string of the molecule is C=CC(=O)N1CCN(C(/C=C(\C)C(=O)Nc2c(C)ccc3ncccc23)=N/C(=C/CCC)OC)CC1. The second-order valence-corrected chi connectivity index (χ2v) is 8.63. The number of rotatable bonds is 8. The lowest BCUT2D eigenvalue weighted by atomic mass is 10.1. The molecule has 8 nitrogen and oxygen atoms in total. The second-order valence-electron chi connectivity index (χ2n) is 8.63. The fourth-order valence-corrected chi connectivity index (χ4v) is 3.93. The highest BCUT2D eigenvalue weighted by Gasteiger charge is 2.22. The number of carbonyl (C=O) groups excluding carboxylic acids is 2. The van der Waals surface area contributed by atoms with Crippen LogP contribution >= 0.6 is 0 Å². The number of nitrogens with one attached hydrogen (secondary N) is 1. The number of nitrogens with zero attached hydrogens (tertiary/aromatic N) is 4. The zero-order valence-corrected chi connectivity index (χ0v) is 21.6. The number of aliphatic imine (C=N–C) groups is 1. The summed E-state index contributed by atoms with van der Waals surface area (Å²) in [6, 6.07) is 7.70. The van der Waals surface area contributed by atoms with Gasteiger partial charge in [-0.25, -0.2) is 0 Å². The molecule has 8 heteroatoms. The number of pyridine rings is 1. The van der Waals surface area contributed by atoms with Crippen molar-refractivity contribution in [1.82, 2.24) is 14.8 Å². The van der Waals surface area contributed by atoms with Crippen molar-refractivity contribution in [3.63, 3.8) is 0 Å². The molecule has 0 aliphatic carbocycles. The van der Waals surface area contributed by atoms with Gasteiger partial charge in [0.25, 0.3) is 5.91 Å². The number of anilines is 1. The zero-order valence-electron chi connectivity index (χ0n) is 21.6. The third-order valence-corrected chi connectivity index (χ3v) is 6.07. The van der Waals surface area contributed by atoms with Crippen LogP contribution in [-0.4, -0.2) is 65.7 Å². The van der Waals surface area contributed by atoms with E-state index in [1.807, 2.05) is 37.3 Å². The van der Waals surface area contributed by atoms with E-state index in [9.17, 15) is 9.59 Å². The van der Waals surface area contributed by atoms with Crippen molar-refractivity contribution in [3.05, 3.63) is 72.3 Å². The van der Waals surface area contributed by atoms with E-state index in [0.29, 0.717) is 43.5 Å². The van der Waals surface area contributed by atoms with Gasteiger partial charge in [-0.3, -0.25) is 14.6 Å². The first-order chi connectivity index (χ1) is 17.4. The molecule has 1 saturated heterocycles. The number of hydrogen-bond donors (Lipinski definition) is 1. The first-order valence-corrected chi connectivity index (χ1v) is 12.2. The Balaban J connectivity index is 1.89. The number of carbonyl (C=O) groups is 2. The van der Waals surface area contributed by atoms with E-state index in [0.717, 1.165) is 35.0 Å². The smallest absolute Gasteiger partial charge is 0.251 e. The van der Waals surface area contributed by atoms with Crippen molar-refractivity contribution in [2.45, 2.75) is 33.6 Å². The molecular weight excluding hydrogens is 454 g/mol. The Morgan fingerprint density at radius 3 is 2.58 bits per heavy atom. The minimum Gasteiger partial charge on any atom is -0.481 e. The van der Waals surface area contributed by atoms with Crippen molar-refractivity contribution >= 4 is 34.2 Å². The first-order valence-electron chi connectivity index (χ1n) is 12.2. The summed E-state index contributed by atoms with van der Waals surface area (Å²) in [5.74, 6) is 0.810. The maximum Gasteiger partial charge on any atom is 0.251 e. The molecule has 2 heterocycles. The number of methoxy groups -OCH3 is 1. The van der Waals surface area contributed by atoms with E-state index in [1.54, 1.807) is 31.2 Å². The fourth-order valence-electron chi connectivity index (χ4n) is 3.93. The molecule has 0 atom stereocenters. The van der Waals surface area contributed by atoms with Crippen LogP contribution in [-0.2, 0) is 14.3 Å². The highest BCUT2D eigenvalue weighted by Crippen LogP contribution is 2.26. The Hall–Kier alpha value is -3.94. The Labute approximate surface area is 213 Å². The predicted octanol–water partition coefficient (Wildman–Crippen LogP) is 4.44. The fraction of sp³-hybridized carbons (Fsp3) is 0.357. The zero-order chi connectivity index (χ0) is 26.1. The molecule has 1 aromatic carbocycles. The van der Waals surface area contributed by atoms with Crippen LogP contribution < -0.4 is 5.32 Å². The second kappa shape index (κ2) is 12.7. The summed E-state index contributed by atoms with van der Waals surface area (Å²) in [4.78, 5) is 38.2. The average Bonchev–Trinajstić information content (AvgIpc) is 2.91. The van der Waals surface area contributed by atoms with Crippen molar-refractivity contribution in [2.24, 2.45) is 4.99 Å². The summed E-state index contributed by atoms with van der Waals surface area (Å²) in [5.41, 5.74) is 3.02. The monoisotopic (exact) mass is 489 g/mol. The van der Waals surface area contributed by atoms with Crippen LogP contribution in [0, 0.1) is 6.92 Å². The van der Waals surface area contributed by atoms with Crippen LogP contribution in [0.4, 0.5) is 5.69 Å². The third-order valence-electron chi connectivity index (χ3n) is 6.07. The highest BCUT2D eigenvalue weighted by molar-refractivity contribution is 6.11. The first kappa shape index (κ1) is 26.7. The van der Waals surface area contributed by atoms with Gasteiger partial charge in [-0.1, -0.05) is 26.0 Å². The van der Waals surface area contributed by atoms with Crippen LogP contribution in [0.2, 0.25) is 0 Å². The van der Waals surface area contributed by atoms with E-state index < -0.39 is 0 Å². The van der Waals surface area contributed by atoms with Crippen molar-refractivity contribution < 1.29 is 14.3 Å². The van der Waals surface area contributed by atoms with E-state index in [-0.39, 0.29) is 11.8 Å². The maximum atomic E-state index is 13.3. The molecule has 1 fully saturated rings.